The van der Waals surface area contributed by atoms with E-state index in [2.05, 4.69) is 33.6 Å². The molecule has 5 heteroatoms. The maximum absolute atomic E-state index is 5.38. The van der Waals surface area contributed by atoms with E-state index in [4.69, 9.17) is 4.74 Å². The van der Waals surface area contributed by atoms with Crippen LogP contribution in [-0.2, 0) is 11.3 Å². The summed E-state index contributed by atoms with van der Waals surface area (Å²) < 4.78 is 7.65. The Hall–Kier alpha value is -0.910. The summed E-state index contributed by atoms with van der Waals surface area (Å²) in [4.78, 5) is 6.73. The minimum atomic E-state index is 0.458. The van der Waals surface area contributed by atoms with Gasteiger partial charge in [0.1, 0.15) is 0 Å². The van der Waals surface area contributed by atoms with Crippen molar-refractivity contribution < 1.29 is 4.74 Å². The summed E-state index contributed by atoms with van der Waals surface area (Å²) in [7, 11) is 0. The highest BCUT2D eigenvalue weighted by Gasteiger charge is 2.16. The van der Waals surface area contributed by atoms with E-state index in [0.29, 0.717) is 6.04 Å². The van der Waals surface area contributed by atoms with Crippen LogP contribution in [0.3, 0.4) is 0 Å². The first kappa shape index (κ1) is 13.5. The zero-order valence-electron chi connectivity index (χ0n) is 11.4. The third-order valence-corrected chi connectivity index (χ3v) is 3.40. The van der Waals surface area contributed by atoms with Crippen molar-refractivity contribution in [2.45, 2.75) is 26.4 Å². The fourth-order valence-corrected chi connectivity index (χ4v) is 2.36. The van der Waals surface area contributed by atoms with Gasteiger partial charge < -0.3 is 14.6 Å². The summed E-state index contributed by atoms with van der Waals surface area (Å²) in [5.41, 5.74) is 1.26. The molecule has 1 saturated heterocycles. The van der Waals surface area contributed by atoms with Crippen LogP contribution in [0.4, 0.5) is 0 Å². The molecule has 0 aromatic carbocycles. The predicted octanol–water partition coefficient (Wildman–Crippen LogP) is 0.886. The number of hydrogen-bond acceptors (Lipinski definition) is 4. The molecule has 0 saturated carbocycles. The summed E-state index contributed by atoms with van der Waals surface area (Å²) >= 11 is 0. The van der Waals surface area contributed by atoms with Crippen LogP contribution in [0, 0.1) is 0 Å². The van der Waals surface area contributed by atoms with Crippen LogP contribution in [0.1, 0.15) is 25.6 Å². The average molecular weight is 252 g/mol. The van der Waals surface area contributed by atoms with Crippen LogP contribution in [0.15, 0.2) is 12.5 Å². The minimum absolute atomic E-state index is 0.458. The lowest BCUT2D eigenvalue weighted by Gasteiger charge is -2.30. The second kappa shape index (κ2) is 6.87. The normalized spacial score (nSPS) is 19.0. The highest BCUT2D eigenvalue weighted by molar-refractivity contribution is 5.00. The van der Waals surface area contributed by atoms with Crippen LogP contribution in [-0.4, -0.2) is 53.8 Å². The molecule has 0 aliphatic carbocycles. The van der Waals surface area contributed by atoms with Crippen molar-refractivity contribution in [2.24, 2.45) is 0 Å². The summed E-state index contributed by atoms with van der Waals surface area (Å²) in [6.07, 6.45) is 3.90. The molecular weight excluding hydrogens is 228 g/mol. The lowest BCUT2D eigenvalue weighted by atomic mass is 10.2. The van der Waals surface area contributed by atoms with Crippen molar-refractivity contribution in [3.05, 3.63) is 18.2 Å². The molecule has 18 heavy (non-hydrogen) atoms. The number of ether oxygens (including phenoxy) is 1. The first-order chi connectivity index (χ1) is 8.81. The Morgan fingerprint density at radius 1 is 1.44 bits per heavy atom. The number of nitrogens with zero attached hydrogens (tertiary/aromatic N) is 3. The van der Waals surface area contributed by atoms with E-state index in [1.807, 2.05) is 12.5 Å². The number of hydrogen-bond donors (Lipinski definition) is 1. The lowest BCUT2D eigenvalue weighted by Crippen LogP contribution is -2.39. The van der Waals surface area contributed by atoms with Crippen LogP contribution in [0.25, 0.3) is 0 Å². The van der Waals surface area contributed by atoms with Gasteiger partial charge >= 0.3 is 0 Å². The fourth-order valence-electron chi connectivity index (χ4n) is 2.36. The molecule has 1 atom stereocenters. The van der Waals surface area contributed by atoms with Gasteiger partial charge in [-0.25, -0.2) is 4.98 Å². The van der Waals surface area contributed by atoms with Gasteiger partial charge in [-0.2, -0.15) is 0 Å². The van der Waals surface area contributed by atoms with Gasteiger partial charge in [-0.15, -0.1) is 0 Å². The molecule has 1 N–H and O–H groups in total. The summed E-state index contributed by atoms with van der Waals surface area (Å²) in [5.74, 6) is 0. The minimum Gasteiger partial charge on any atom is -0.379 e. The van der Waals surface area contributed by atoms with E-state index in [0.717, 1.165) is 45.9 Å². The summed E-state index contributed by atoms with van der Waals surface area (Å²) in [6, 6.07) is 0.458. The Morgan fingerprint density at radius 2 is 2.22 bits per heavy atom. The molecule has 1 aromatic rings. The first-order valence-corrected chi connectivity index (χ1v) is 6.82. The van der Waals surface area contributed by atoms with Crippen LogP contribution >= 0.6 is 0 Å². The van der Waals surface area contributed by atoms with Gasteiger partial charge in [0.15, 0.2) is 0 Å². The van der Waals surface area contributed by atoms with E-state index >= 15 is 0 Å². The van der Waals surface area contributed by atoms with Gasteiger partial charge in [0.2, 0.25) is 0 Å². The van der Waals surface area contributed by atoms with Crippen molar-refractivity contribution in [2.75, 3.05) is 39.4 Å². The van der Waals surface area contributed by atoms with E-state index < -0.39 is 0 Å². The molecule has 0 radical (unpaired) electrons. The van der Waals surface area contributed by atoms with Crippen molar-refractivity contribution in [1.29, 1.82) is 0 Å². The zero-order valence-corrected chi connectivity index (χ0v) is 11.4. The predicted molar refractivity (Wildman–Crippen MR) is 71.6 cm³/mol. The maximum Gasteiger partial charge on any atom is 0.0951 e. The van der Waals surface area contributed by atoms with Gasteiger partial charge in [0.25, 0.3) is 0 Å². The molecule has 0 amide bonds. The highest BCUT2D eigenvalue weighted by Crippen LogP contribution is 2.12. The van der Waals surface area contributed by atoms with Gasteiger partial charge in [-0.3, -0.25) is 4.90 Å². The fraction of sp³-hybridized carbons (Fsp3) is 0.769. The maximum atomic E-state index is 5.38. The molecule has 2 heterocycles. The topological polar surface area (TPSA) is 42.3 Å². The van der Waals surface area contributed by atoms with E-state index in [1.54, 1.807) is 0 Å². The third kappa shape index (κ3) is 3.54. The smallest absolute Gasteiger partial charge is 0.0951 e. The molecule has 102 valence electrons. The molecule has 1 aromatic heterocycles. The van der Waals surface area contributed by atoms with Gasteiger partial charge in [0.05, 0.1) is 25.2 Å². The monoisotopic (exact) mass is 252 g/mol. The zero-order chi connectivity index (χ0) is 12.8. The van der Waals surface area contributed by atoms with Gasteiger partial charge in [-0.05, 0) is 13.5 Å². The summed E-state index contributed by atoms with van der Waals surface area (Å²) in [6.45, 7) is 11.1. The number of morpholine rings is 1. The molecule has 1 aliphatic heterocycles. The van der Waals surface area contributed by atoms with Crippen molar-refractivity contribution >= 4 is 0 Å². The molecule has 2 rings (SSSR count). The number of imidazole rings is 1. The van der Waals surface area contributed by atoms with Crippen LogP contribution < -0.4 is 5.32 Å². The Morgan fingerprint density at radius 3 is 2.94 bits per heavy atom. The number of aromatic nitrogens is 2. The molecule has 1 aliphatic rings. The van der Waals surface area contributed by atoms with Crippen LogP contribution in [0.5, 0.6) is 0 Å². The Labute approximate surface area is 109 Å². The second-order valence-electron chi connectivity index (χ2n) is 4.83. The number of rotatable bonds is 6. The molecule has 0 bridgehead atoms. The Kier molecular flexibility index (Phi) is 5.16. The lowest BCUT2D eigenvalue weighted by molar-refractivity contribution is 0.0324. The molecule has 1 unspecified atom stereocenters. The van der Waals surface area contributed by atoms with E-state index in [9.17, 15) is 0 Å². The Balaban J connectivity index is 1.90. The SMILES string of the molecule is CCNCc1cncn1C(C)CN1CCOCC1. The molecule has 5 nitrogen and oxygen atoms in total. The molecule has 0 spiro atoms. The largest absolute Gasteiger partial charge is 0.379 e. The highest BCUT2D eigenvalue weighted by atomic mass is 16.5. The summed E-state index contributed by atoms with van der Waals surface area (Å²) in [5, 5.41) is 3.36. The molecular formula is C13H24N4O. The van der Waals surface area contributed by atoms with Crippen molar-refractivity contribution in [3.8, 4) is 0 Å². The second-order valence-corrected chi connectivity index (χ2v) is 4.83. The molecule has 1 fully saturated rings. The number of nitrogens with one attached hydrogen (secondary N) is 1. The van der Waals surface area contributed by atoms with Crippen molar-refractivity contribution in [3.63, 3.8) is 0 Å². The van der Waals surface area contributed by atoms with Gasteiger partial charge in [0, 0.05) is 38.4 Å². The van der Waals surface area contributed by atoms with Crippen molar-refractivity contribution in [1.82, 2.24) is 19.8 Å². The Bertz CT molecular complexity index is 347. The van der Waals surface area contributed by atoms with E-state index in [-0.39, 0.29) is 0 Å². The first-order valence-electron chi connectivity index (χ1n) is 6.82. The van der Waals surface area contributed by atoms with Crippen LogP contribution in [0.2, 0.25) is 0 Å². The quantitative estimate of drug-likeness (QED) is 0.816. The third-order valence-electron chi connectivity index (χ3n) is 3.40. The average Bonchev–Trinajstić information content (AvgIpc) is 2.86. The van der Waals surface area contributed by atoms with Gasteiger partial charge in [-0.1, -0.05) is 6.92 Å². The standard InChI is InChI=1S/C13H24N4O/c1-3-14-8-13-9-15-11-17(13)12(2)10-16-4-6-18-7-5-16/h9,11-12,14H,3-8,10H2,1-2H3. The van der Waals surface area contributed by atoms with E-state index in [1.165, 1.54) is 5.69 Å².